The highest BCUT2D eigenvalue weighted by atomic mass is 16.3. The molecule has 214 valence electrons. The van der Waals surface area contributed by atoms with E-state index in [2.05, 4.69) is 60.7 Å². The van der Waals surface area contributed by atoms with E-state index in [1.165, 1.54) is 44.2 Å². The minimum Gasteiger partial charge on any atom is -0.393 e. The van der Waals surface area contributed by atoms with Gasteiger partial charge in [0.1, 0.15) is 0 Å². The van der Waals surface area contributed by atoms with Crippen LogP contribution in [0.4, 0.5) is 5.69 Å². The van der Waals surface area contributed by atoms with Crippen LogP contribution in [0.25, 0.3) is 0 Å². The first-order chi connectivity index (χ1) is 18.7. The fourth-order valence-electron chi connectivity index (χ4n) is 10.4. The number of carbonyl (C=O) groups is 1. The number of anilines is 1. The summed E-state index contributed by atoms with van der Waals surface area (Å²) in [5.41, 5.74) is 3.52. The monoisotopic (exact) mass is 533 g/mol. The fourth-order valence-corrected chi connectivity index (χ4v) is 10.4. The second-order valence-corrected chi connectivity index (χ2v) is 14.5. The molecule has 9 atom stereocenters. The number of hydrogen-bond acceptors (Lipinski definition) is 4. The molecule has 5 heteroatoms. The molecule has 39 heavy (non-hydrogen) atoms. The van der Waals surface area contributed by atoms with Crippen LogP contribution in [0.1, 0.15) is 91.9 Å². The number of nitrogens with zero attached hydrogens (tertiary/aromatic N) is 3. The minimum atomic E-state index is -0.123. The van der Waals surface area contributed by atoms with Gasteiger partial charge in [0.15, 0.2) is 0 Å². The second-order valence-electron chi connectivity index (χ2n) is 14.5. The van der Waals surface area contributed by atoms with E-state index in [1.807, 2.05) is 12.4 Å². The molecule has 3 saturated carbocycles. The lowest BCUT2D eigenvalue weighted by atomic mass is 9.47. The largest absolute Gasteiger partial charge is 0.393 e. The van der Waals surface area contributed by atoms with Gasteiger partial charge in [-0.25, -0.2) is 0 Å². The number of aliphatic hydroxyl groups excluding tert-OH is 1. The third-order valence-electron chi connectivity index (χ3n) is 12.6. The molecule has 1 N–H and O–H groups in total. The molecule has 5 nitrogen and oxygen atoms in total. The number of piperazine rings is 1. The zero-order chi connectivity index (χ0) is 27.4. The topological polar surface area (TPSA) is 56.7 Å². The van der Waals surface area contributed by atoms with Crippen LogP contribution in [-0.2, 0) is 4.79 Å². The van der Waals surface area contributed by atoms with Gasteiger partial charge in [-0.1, -0.05) is 32.4 Å². The molecule has 4 fully saturated rings. The van der Waals surface area contributed by atoms with Crippen LogP contribution in [0, 0.1) is 40.4 Å². The van der Waals surface area contributed by atoms with E-state index in [0.717, 1.165) is 62.6 Å². The number of pyridine rings is 1. The number of aliphatic hydroxyl groups is 1. The summed E-state index contributed by atoms with van der Waals surface area (Å²) in [6.07, 6.45) is 17.6. The SMILES string of the molecule is C[C@H](CCC(=O)N1CCN(c2ccncc2)[C@@H](C)C1)[C@H]1CC[C@H]2[C@@H]3CC=C4C[C@@H](O)CC[C@]4(C)[C@H]3CC[C@]12C. The van der Waals surface area contributed by atoms with Crippen molar-refractivity contribution in [3.63, 3.8) is 0 Å². The minimum absolute atomic E-state index is 0.123. The molecule has 4 aliphatic carbocycles. The maximum Gasteiger partial charge on any atom is 0.222 e. The van der Waals surface area contributed by atoms with E-state index < -0.39 is 0 Å². The summed E-state index contributed by atoms with van der Waals surface area (Å²) >= 11 is 0. The zero-order valence-electron chi connectivity index (χ0n) is 24.8. The zero-order valence-corrected chi connectivity index (χ0v) is 24.8. The Morgan fingerprint density at radius 1 is 1.10 bits per heavy atom. The first kappa shape index (κ1) is 27.3. The van der Waals surface area contributed by atoms with Gasteiger partial charge in [-0.05, 0) is 117 Å². The number of hydrogen-bond donors (Lipinski definition) is 1. The highest BCUT2D eigenvalue weighted by Crippen LogP contribution is 2.67. The molecule has 6 rings (SSSR count). The third kappa shape index (κ3) is 4.75. The molecule has 0 bridgehead atoms. The standard InChI is InChI=1S/C34H51N3O2/c1-23(5-10-32(39)36-19-20-37(24(2)22-36)26-13-17-35-18-14-26)29-8-9-30-28-7-6-25-21-27(38)11-15-33(25,3)31(28)12-16-34(29,30)4/h6,13-14,17-18,23-24,27-31,38H,5,7-12,15-16,19-22H2,1-4H3/t23-,24+,27+,28+,29-,30+,31+,33+,34-/m1/s1. The molecular weight excluding hydrogens is 482 g/mol. The Kier molecular flexibility index (Phi) is 7.35. The van der Waals surface area contributed by atoms with Crippen molar-refractivity contribution in [1.82, 2.24) is 9.88 Å². The summed E-state index contributed by atoms with van der Waals surface area (Å²) < 4.78 is 0. The van der Waals surface area contributed by atoms with E-state index in [4.69, 9.17) is 0 Å². The average Bonchev–Trinajstić information content (AvgIpc) is 3.29. The Morgan fingerprint density at radius 3 is 2.67 bits per heavy atom. The number of fused-ring (bicyclic) bond motifs is 5. The van der Waals surface area contributed by atoms with Gasteiger partial charge in [-0.3, -0.25) is 9.78 Å². The summed E-state index contributed by atoms with van der Waals surface area (Å²) in [6, 6.07) is 4.47. The molecule has 1 saturated heterocycles. The van der Waals surface area contributed by atoms with Gasteiger partial charge >= 0.3 is 0 Å². The van der Waals surface area contributed by atoms with E-state index >= 15 is 0 Å². The predicted octanol–water partition coefficient (Wildman–Crippen LogP) is 6.47. The maximum atomic E-state index is 13.3. The molecule has 0 radical (unpaired) electrons. The number of rotatable bonds is 5. The van der Waals surface area contributed by atoms with Gasteiger partial charge in [0.2, 0.25) is 5.91 Å². The lowest BCUT2D eigenvalue weighted by Gasteiger charge is -2.58. The molecule has 0 aromatic carbocycles. The highest BCUT2D eigenvalue weighted by molar-refractivity contribution is 5.76. The molecule has 5 aliphatic rings. The Balaban J connectivity index is 1.05. The van der Waals surface area contributed by atoms with Crippen LogP contribution < -0.4 is 4.90 Å². The Labute approximate surface area is 236 Å². The van der Waals surface area contributed by atoms with Crippen molar-refractivity contribution >= 4 is 11.6 Å². The van der Waals surface area contributed by atoms with E-state index in [1.54, 1.807) is 5.57 Å². The summed E-state index contributed by atoms with van der Waals surface area (Å²) in [5, 5.41) is 10.3. The Bertz CT molecular complexity index is 1070. The van der Waals surface area contributed by atoms with Crippen LogP contribution in [-0.4, -0.2) is 52.7 Å². The van der Waals surface area contributed by atoms with Crippen LogP contribution >= 0.6 is 0 Å². The van der Waals surface area contributed by atoms with Crippen molar-refractivity contribution in [3.05, 3.63) is 36.2 Å². The normalized spacial score (nSPS) is 40.8. The third-order valence-corrected chi connectivity index (χ3v) is 12.6. The van der Waals surface area contributed by atoms with Gasteiger partial charge in [0.25, 0.3) is 0 Å². The van der Waals surface area contributed by atoms with Crippen molar-refractivity contribution in [1.29, 1.82) is 0 Å². The number of aromatic nitrogens is 1. The number of allylic oxidation sites excluding steroid dienone is 1. The fraction of sp³-hybridized carbons (Fsp3) is 0.765. The molecular formula is C34H51N3O2. The van der Waals surface area contributed by atoms with Crippen molar-refractivity contribution < 1.29 is 9.90 Å². The van der Waals surface area contributed by atoms with Gasteiger partial charge in [0, 0.05) is 50.2 Å². The van der Waals surface area contributed by atoms with E-state index in [-0.39, 0.29) is 6.10 Å². The summed E-state index contributed by atoms with van der Waals surface area (Å²) in [5.74, 6) is 4.12. The molecule has 1 aliphatic heterocycles. The molecule has 1 aromatic heterocycles. The molecule has 1 aromatic rings. The van der Waals surface area contributed by atoms with E-state index in [9.17, 15) is 9.90 Å². The number of carbonyl (C=O) groups excluding carboxylic acids is 1. The van der Waals surface area contributed by atoms with Crippen molar-refractivity contribution in [2.75, 3.05) is 24.5 Å². The first-order valence-electron chi connectivity index (χ1n) is 16.0. The summed E-state index contributed by atoms with van der Waals surface area (Å²) in [6.45, 7) is 12.4. The first-order valence-corrected chi connectivity index (χ1v) is 16.0. The van der Waals surface area contributed by atoms with Crippen LogP contribution in [0.2, 0.25) is 0 Å². The molecule has 2 heterocycles. The van der Waals surface area contributed by atoms with E-state index in [0.29, 0.717) is 35.1 Å². The van der Waals surface area contributed by atoms with Gasteiger partial charge < -0.3 is 14.9 Å². The van der Waals surface area contributed by atoms with Crippen LogP contribution in [0.3, 0.4) is 0 Å². The molecule has 1 amide bonds. The molecule has 0 unspecified atom stereocenters. The smallest absolute Gasteiger partial charge is 0.222 e. The predicted molar refractivity (Wildman–Crippen MR) is 157 cm³/mol. The summed E-state index contributed by atoms with van der Waals surface area (Å²) in [7, 11) is 0. The van der Waals surface area contributed by atoms with Crippen LogP contribution in [0.5, 0.6) is 0 Å². The van der Waals surface area contributed by atoms with Crippen molar-refractivity contribution in [3.8, 4) is 0 Å². The van der Waals surface area contributed by atoms with Gasteiger partial charge in [-0.15, -0.1) is 0 Å². The lowest BCUT2D eigenvalue weighted by Crippen LogP contribution is -2.53. The van der Waals surface area contributed by atoms with Crippen molar-refractivity contribution in [2.24, 2.45) is 40.4 Å². The molecule has 0 spiro atoms. The van der Waals surface area contributed by atoms with Crippen molar-refractivity contribution in [2.45, 2.75) is 104 Å². The Hall–Kier alpha value is -1.88. The lowest BCUT2D eigenvalue weighted by molar-refractivity contribution is -0.132. The number of amides is 1. The maximum absolute atomic E-state index is 13.3. The quantitative estimate of drug-likeness (QED) is 0.441. The van der Waals surface area contributed by atoms with Gasteiger partial charge in [0.05, 0.1) is 6.10 Å². The Morgan fingerprint density at radius 2 is 1.90 bits per heavy atom. The highest BCUT2D eigenvalue weighted by Gasteiger charge is 2.59. The van der Waals surface area contributed by atoms with Crippen LogP contribution in [0.15, 0.2) is 36.2 Å². The summed E-state index contributed by atoms with van der Waals surface area (Å²) in [4.78, 5) is 22.0. The van der Waals surface area contributed by atoms with Gasteiger partial charge in [-0.2, -0.15) is 0 Å². The average molecular weight is 534 g/mol. The second kappa shape index (κ2) is 10.5.